The molecule has 0 aromatic carbocycles. The molecule has 0 saturated carbocycles. The van der Waals surface area contributed by atoms with Gasteiger partial charge in [-0.1, -0.05) is 27.2 Å². The average molecular weight is 134 g/mol. The van der Waals surface area contributed by atoms with Crippen molar-refractivity contribution in [3.05, 3.63) is 0 Å². The van der Waals surface area contributed by atoms with Crippen molar-refractivity contribution in [3.63, 3.8) is 0 Å². The minimum Gasteiger partial charge on any atom is -0.368 e. The van der Waals surface area contributed by atoms with E-state index in [0.717, 1.165) is 19.3 Å². The van der Waals surface area contributed by atoms with Crippen molar-refractivity contribution in [2.75, 3.05) is 0 Å². The number of aliphatic hydroxyl groups is 2. The Balaban J connectivity index is 0. The molecule has 0 bridgehead atoms. The molecule has 0 spiro atoms. The van der Waals surface area contributed by atoms with Gasteiger partial charge in [-0.05, 0) is 12.8 Å². The number of unbranched alkanes of at least 4 members (excludes halogenated alkanes) is 2. The first-order valence-corrected chi connectivity index (χ1v) is 3.13. The first-order valence-electron chi connectivity index (χ1n) is 3.13. The molecule has 0 unspecified atom stereocenters. The van der Waals surface area contributed by atoms with E-state index in [0.29, 0.717) is 6.42 Å². The number of aliphatic hydroxyl groups excluding tert-OH is 1. The second-order valence-corrected chi connectivity index (χ2v) is 1.98. The molecule has 0 atom stereocenters. The molecular formula is C7H18O2. The number of hydrogen-bond acceptors (Lipinski definition) is 2. The van der Waals surface area contributed by atoms with Gasteiger partial charge in [0.25, 0.3) is 0 Å². The molecule has 0 heterocycles. The zero-order valence-electron chi connectivity index (χ0n) is 5.30. The molecule has 0 fully saturated rings. The van der Waals surface area contributed by atoms with Gasteiger partial charge in [-0.2, -0.15) is 0 Å². The molecule has 2 N–H and O–H groups in total. The molecule has 0 aliphatic rings. The predicted octanol–water partition coefficient (Wildman–Crippen LogP) is 1.51. The van der Waals surface area contributed by atoms with E-state index >= 15 is 0 Å². The van der Waals surface area contributed by atoms with Crippen molar-refractivity contribution in [2.24, 2.45) is 0 Å². The fourth-order valence-electron chi connectivity index (χ4n) is 0.577. The topological polar surface area (TPSA) is 40.5 Å². The zero-order chi connectivity index (χ0) is 6.41. The molecule has 2 heteroatoms. The van der Waals surface area contributed by atoms with Gasteiger partial charge >= 0.3 is 0 Å². The molecule has 9 heavy (non-hydrogen) atoms. The van der Waals surface area contributed by atoms with Crippen LogP contribution < -0.4 is 0 Å². The van der Waals surface area contributed by atoms with E-state index in [1.165, 1.54) is 0 Å². The molecule has 0 amide bonds. The minimum absolute atomic E-state index is 0. The molecule has 0 radical (unpaired) electrons. The van der Waals surface area contributed by atoms with E-state index in [1.54, 1.807) is 0 Å². The van der Waals surface area contributed by atoms with Gasteiger partial charge in [0, 0.05) is 0 Å². The Morgan fingerprint density at radius 1 is 1.22 bits per heavy atom. The molecular weight excluding hydrogens is 116 g/mol. The standard InChI is InChI=1S/C6H14O2.CH4/c1-2-3-4-5-6(7)8;/h6-8H,2-5H2,1H3;1H4. The van der Waals surface area contributed by atoms with E-state index in [4.69, 9.17) is 10.2 Å². The minimum atomic E-state index is -1.10. The van der Waals surface area contributed by atoms with Crippen LogP contribution in [0.4, 0.5) is 0 Å². The maximum atomic E-state index is 8.33. The highest BCUT2D eigenvalue weighted by Crippen LogP contribution is 1.99. The lowest BCUT2D eigenvalue weighted by molar-refractivity contribution is -0.0465. The van der Waals surface area contributed by atoms with Crippen LogP contribution >= 0.6 is 0 Å². The summed E-state index contributed by atoms with van der Waals surface area (Å²) in [5, 5.41) is 16.7. The molecule has 0 aromatic rings. The predicted molar refractivity (Wildman–Crippen MR) is 39.1 cm³/mol. The van der Waals surface area contributed by atoms with Crippen LogP contribution in [0.1, 0.15) is 40.0 Å². The van der Waals surface area contributed by atoms with Gasteiger partial charge in [0.05, 0.1) is 0 Å². The molecule has 0 rings (SSSR count). The summed E-state index contributed by atoms with van der Waals surface area (Å²) in [6.07, 6.45) is 2.58. The van der Waals surface area contributed by atoms with Crippen molar-refractivity contribution in [2.45, 2.75) is 46.3 Å². The zero-order valence-corrected chi connectivity index (χ0v) is 5.30. The first kappa shape index (κ1) is 11.7. The molecule has 58 valence electrons. The van der Waals surface area contributed by atoms with Crippen molar-refractivity contribution in [1.82, 2.24) is 0 Å². The quantitative estimate of drug-likeness (QED) is 0.452. The normalized spacial score (nSPS) is 9.33. The maximum Gasteiger partial charge on any atom is 0.151 e. The summed E-state index contributed by atoms with van der Waals surface area (Å²) in [6, 6.07) is 0. The Hall–Kier alpha value is -0.0800. The Morgan fingerprint density at radius 3 is 2.11 bits per heavy atom. The van der Waals surface area contributed by atoms with Crippen LogP contribution in [0.15, 0.2) is 0 Å². The van der Waals surface area contributed by atoms with Gasteiger partial charge in [-0.25, -0.2) is 0 Å². The van der Waals surface area contributed by atoms with Gasteiger partial charge in [0.15, 0.2) is 6.29 Å². The first-order chi connectivity index (χ1) is 3.77. The average Bonchev–Trinajstić information content (AvgIpc) is 1.66. The highest BCUT2D eigenvalue weighted by Gasteiger charge is 1.93. The summed E-state index contributed by atoms with van der Waals surface area (Å²) in [5.74, 6) is 0. The molecule has 0 aliphatic heterocycles. The molecule has 0 aliphatic carbocycles. The maximum absolute atomic E-state index is 8.33. The third-order valence-electron chi connectivity index (χ3n) is 1.07. The van der Waals surface area contributed by atoms with E-state index in [-0.39, 0.29) is 7.43 Å². The summed E-state index contributed by atoms with van der Waals surface area (Å²) in [4.78, 5) is 0. The Morgan fingerprint density at radius 2 is 1.78 bits per heavy atom. The van der Waals surface area contributed by atoms with Crippen LogP contribution in [-0.4, -0.2) is 16.5 Å². The third kappa shape index (κ3) is 11.5. The second-order valence-electron chi connectivity index (χ2n) is 1.98. The van der Waals surface area contributed by atoms with Crippen LogP contribution in [-0.2, 0) is 0 Å². The van der Waals surface area contributed by atoms with Gasteiger partial charge in [0.1, 0.15) is 0 Å². The summed E-state index contributed by atoms with van der Waals surface area (Å²) >= 11 is 0. The fraction of sp³-hybridized carbons (Fsp3) is 1.00. The lowest BCUT2D eigenvalue weighted by Crippen LogP contribution is -2.02. The second kappa shape index (κ2) is 7.92. The largest absolute Gasteiger partial charge is 0.368 e. The van der Waals surface area contributed by atoms with Gasteiger partial charge in [-0.3, -0.25) is 0 Å². The van der Waals surface area contributed by atoms with E-state index in [2.05, 4.69) is 6.92 Å². The summed E-state index contributed by atoms with van der Waals surface area (Å²) in [6.45, 7) is 2.09. The van der Waals surface area contributed by atoms with E-state index in [1.807, 2.05) is 0 Å². The van der Waals surface area contributed by atoms with Crippen molar-refractivity contribution >= 4 is 0 Å². The lowest BCUT2D eigenvalue weighted by Gasteiger charge is -1.99. The van der Waals surface area contributed by atoms with Crippen molar-refractivity contribution in [3.8, 4) is 0 Å². The monoisotopic (exact) mass is 134 g/mol. The molecule has 0 saturated heterocycles. The van der Waals surface area contributed by atoms with Crippen molar-refractivity contribution < 1.29 is 10.2 Å². The Kier molecular flexibility index (Phi) is 10.3. The SMILES string of the molecule is C.CCCCCC(O)O. The third-order valence-corrected chi connectivity index (χ3v) is 1.07. The van der Waals surface area contributed by atoms with E-state index in [9.17, 15) is 0 Å². The van der Waals surface area contributed by atoms with Crippen LogP contribution in [0.5, 0.6) is 0 Å². The molecule has 2 nitrogen and oxygen atoms in total. The van der Waals surface area contributed by atoms with Crippen LogP contribution in [0.3, 0.4) is 0 Å². The van der Waals surface area contributed by atoms with E-state index < -0.39 is 6.29 Å². The van der Waals surface area contributed by atoms with Crippen LogP contribution in [0, 0.1) is 0 Å². The Bertz CT molecular complexity index is 44.2. The lowest BCUT2D eigenvalue weighted by atomic mass is 10.2. The van der Waals surface area contributed by atoms with Crippen LogP contribution in [0.2, 0.25) is 0 Å². The number of rotatable bonds is 4. The molecule has 0 aromatic heterocycles. The smallest absolute Gasteiger partial charge is 0.151 e. The highest BCUT2D eigenvalue weighted by molar-refractivity contribution is 4.40. The van der Waals surface area contributed by atoms with Crippen molar-refractivity contribution in [1.29, 1.82) is 0 Å². The van der Waals surface area contributed by atoms with Crippen LogP contribution in [0.25, 0.3) is 0 Å². The van der Waals surface area contributed by atoms with Gasteiger partial charge < -0.3 is 10.2 Å². The fourth-order valence-corrected chi connectivity index (χ4v) is 0.577. The highest BCUT2D eigenvalue weighted by atomic mass is 16.5. The van der Waals surface area contributed by atoms with Gasteiger partial charge in [0.2, 0.25) is 0 Å². The summed E-state index contributed by atoms with van der Waals surface area (Å²) in [7, 11) is 0. The summed E-state index contributed by atoms with van der Waals surface area (Å²) < 4.78 is 0. The summed E-state index contributed by atoms with van der Waals surface area (Å²) in [5.41, 5.74) is 0. The Labute approximate surface area is 57.5 Å². The van der Waals surface area contributed by atoms with Gasteiger partial charge in [-0.15, -0.1) is 0 Å². The number of hydrogen-bond donors (Lipinski definition) is 2.